The van der Waals surface area contributed by atoms with E-state index in [9.17, 15) is 4.79 Å². The van der Waals surface area contributed by atoms with Crippen LogP contribution in [0.4, 0.5) is 0 Å². The van der Waals surface area contributed by atoms with Crippen LogP contribution in [0.25, 0.3) is 10.9 Å². The second-order valence-electron chi connectivity index (χ2n) is 6.16. The largest absolute Gasteiger partial charge is 0.426 e. The van der Waals surface area contributed by atoms with Crippen LogP contribution in [-0.2, 0) is 11.3 Å². The minimum atomic E-state index is -0.527. The highest BCUT2D eigenvalue weighted by Gasteiger charge is 2.23. The molecule has 1 heterocycles. The summed E-state index contributed by atoms with van der Waals surface area (Å²) in [6, 6.07) is 5.52. The fraction of sp³-hybridized carbons (Fsp3) is 0.467. The van der Waals surface area contributed by atoms with E-state index in [1.165, 1.54) is 0 Å². The van der Waals surface area contributed by atoms with E-state index in [0.717, 1.165) is 10.9 Å². The zero-order chi connectivity index (χ0) is 14.9. The highest BCUT2D eigenvalue weighted by atomic mass is 16.5. The predicted molar refractivity (Wildman–Crippen MR) is 78.5 cm³/mol. The molecule has 2 rings (SSSR count). The van der Waals surface area contributed by atoms with Crippen molar-refractivity contribution in [2.75, 3.05) is 0 Å². The van der Waals surface area contributed by atoms with Crippen LogP contribution in [0.5, 0.6) is 5.75 Å². The molecule has 0 aliphatic carbocycles. The Kier molecular flexibility index (Phi) is 3.81. The number of fused-ring (bicyclic) bond motifs is 1. The highest BCUT2D eigenvalue weighted by Crippen LogP contribution is 2.24. The molecule has 0 saturated carbocycles. The molecule has 5 nitrogen and oxygen atoms in total. The first kappa shape index (κ1) is 14.5. The van der Waals surface area contributed by atoms with Gasteiger partial charge in [0.05, 0.1) is 23.7 Å². The molecule has 0 radical (unpaired) electrons. The van der Waals surface area contributed by atoms with Crippen molar-refractivity contribution >= 4 is 16.9 Å². The zero-order valence-corrected chi connectivity index (χ0v) is 12.4. The number of ether oxygens (including phenoxy) is 1. The molecule has 1 aromatic carbocycles. The van der Waals surface area contributed by atoms with Crippen molar-refractivity contribution in [2.24, 2.45) is 11.1 Å². The van der Waals surface area contributed by atoms with Crippen LogP contribution in [0.3, 0.4) is 0 Å². The van der Waals surface area contributed by atoms with Crippen LogP contribution in [0.1, 0.15) is 27.7 Å². The number of hydrogen-bond acceptors (Lipinski definition) is 4. The number of carbonyl (C=O) groups excluding carboxylic acids is 1. The van der Waals surface area contributed by atoms with Gasteiger partial charge in [0.25, 0.3) is 0 Å². The summed E-state index contributed by atoms with van der Waals surface area (Å²) in [5.41, 5.74) is 6.20. The van der Waals surface area contributed by atoms with Gasteiger partial charge in [-0.1, -0.05) is 0 Å². The predicted octanol–water partition coefficient (Wildman–Crippen LogP) is 2.33. The van der Waals surface area contributed by atoms with Crippen molar-refractivity contribution in [1.82, 2.24) is 9.78 Å². The van der Waals surface area contributed by atoms with Crippen LogP contribution < -0.4 is 10.5 Å². The Labute approximate surface area is 118 Å². The SMILES string of the molecule is CC(N)Cn1ncc2ccc(OC(=O)C(C)(C)C)cc21. The summed E-state index contributed by atoms with van der Waals surface area (Å²) in [5.74, 6) is 0.277. The van der Waals surface area contributed by atoms with Crippen molar-refractivity contribution < 1.29 is 9.53 Å². The number of benzene rings is 1. The molecule has 0 amide bonds. The van der Waals surface area contributed by atoms with Gasteiger partial charge in [-0.25, -0.2) is 0 Å². The van der Waals surface area contributed by atoms with Crippen molar-refractivity contribution in [3.8, 4) is 5.75 Å². The lowest BCUT2D eigenvalue weighted by Crippen LogP contribution is -2.25. The first-order chi connectivity index (χ1) is 9.27. The zero-order valence-electron chi connectivity index (χ0n) is 12.4. The molecule has 5 heteroatoms. The Balaban J connectivity index is 2.30. The van der Waals surface area contributed by atoms with E-state index in [1.54, 1.807) is 12.3 Å². The Bertz CT molecular complexity index is 624. The van der Waals surface area contributed by atoms with Gasteiger partial charge in [0.2, 0.25) is 0 Å². The third-order valence-electron chi connectivity index (χ3n) is 2.90. The maximum Gasteiger partial charge on any atom is 0.316 e. The summed E-state index contributed by atoms with van der Waals surface area (Å²) in [6.07, 6.45) is 1.78. The van der Waals surface area contributed by atoms with Crippen LogP contribution >= 0.6 is 0 Å². The van der Waals surface area contributed by atoms with Crippen LogP contribution in [0, 0.1) is 5.41 Å². The standard InChI is InChI=1S/C15H21N3O2/c1-10(16)9-18-13-7-12(6-5-11(13)8-17-18)20-14(19)15(2,3)4/h5-8,10H,9,16H2,1-4H3. The summed E-state index contributed by atoms with van der Waals surface area (Å²) < 4.78 is 7.23. The van der Waals surface area contributed by atoms with E-state index >= 15 is 0 Å². The van der Waals surface area contributed by atoms with Gasteiger partial charge < -0.3 is 10.5 Å². The molecule has 0 spiro atoms. The Morgan fingerprint density at radius 1 is 1.45 bits per heavy atom. The van der Waals surface area contributed by atoms with E-state index in [4.69, 9.17) is 10.5 Å². The monoisotopic (exact) mass is 275 g/mol. The first-order valence-electron chi connectivity index (χ1n) is 6.71. The lowest BCUT2D eigenvalue weighted by atomic mass is 9.97. The highest BCUT2D eigenvalue weighted by molar-refractivity contribution is 5.82. The molecule has 0 fully saturated rings. The molecule has 2 N–H and O–H groups in total. The summed E-state index contributed by atoms with van der Waals surface area (Å²) in [6.45, 7) is 8.04. The lowest BCUT2D eigenvalue weighted by Gasteiger charge is -2.16. The van der Waals surface area contributed by atoms with E-state index in [0.29, 0.717) is 12.3 Å². The summed E-state index contributed by atoms with van der Waals surface area (Å²) >= 11 is 0. The minimum Gasteiger partial charge on any atom is -0.426 e. The quantitative estimate of drug-likeness (QED) is 0.689. The molecular formula is C15H21N3O2. The van der Waals surface area contributed by atoms with Gasteiger partial charge >= 0.3 is 5.97 Å². The molecule has 1 unspecified atom stereocenters. The average molecular weight is 275 g/mol. The van der Waals surface area contributed by atoms with Gasteiger partial charge in [-0.15, -0.1) is 0 Å². The molecule has 2 aromatic rings. The van der Waals surface area contributed by atoms with Gasteiger partial charge in [0.1, 0.15) is 5.75 Å². The molecule has 0 bridgehead atoms. The Morgan fingerprint density at radius 3 is 2.75 bits per heavy atom. The van der Waals surface area contributed by atoms with Crippen molar-refractivity contribution in [2.45, 2.75) is 40.3 Å². The lowest BCUT2D eigenvalue weighted by molar-refractivity contribution is -0.142. The smallest absolute Gasteiger partial charge is 0.316 e. The maximum atomic E-state index is 11.9. The molecule has 0 aliphatic rings. The third kappa shape index (κ3) is 3.17. The van der Waals surface area contributed by atoms with E-state index in [2.05, 4.69) is 5.10 Å². The summed E-state index contributed by atoms with van der Waals surface area (Å²) in [4.78, 5) is 11.9. The average Bonchev–Trinajstić information content (AvgIpc) is 2.70. The molecule has 0 saturated heterocycles. The van der Waals surface area contributed by atoms with E-state index < -0.39 is 5.41 Å². The normalized spacial score (nSPS) is 13.4. The third-order valence-corrected chi connectivity index (χ3v) is 2.90. The van der Waals surface area contributed by atoms with Gasteiger partial charge in [-0.3, -0.25) is 9.48 Å². The Morgan fingerprint density at radius 2 is 2.15 bits per heavy atom. The van der Waals surface area contributed by atoms with Gasteiger partial charge in [-0.2, -0.15) is 5.10 Å². The second kappa shape index (κ2) is 5.25. The van der Waals surface area contributed by atoms with Gasteiger partial charge in [0.15, 0.2) is 0 Å². The first-order valence-corrected chi connectivity index (χ1v) is 6.71. The molecule has 108 valence electrons. The topological polar surface area (TPSA) is 70.1 Å². The molecular weight excluding hydrogens is 254 g/mol. The fourth-order valence-corrected chi connectivity index (χ4v) is 1.79. The number of hydrogen-bond donors (Lipinski definition) is 1. The van der Waals surface area contributed by atoms with E-state index in [1.807, 2.05) is 44.5 Å². The fourth-order valence-electron chi connectivity index (χ4n) is 1.79. The number of aromatic nitrogens is 2. The van der Waals surface area contributed by atoms with Crippen molar-refractivity contribution in [3.05, 3.63) is 24.4 Å². The Hall–Kier alpha value is -1.88. The maximum absolute atomic E-state index is 11.9. The number of carbonyl (C=O) groups is 1. The van der Waals surface area contributed by atoms with Crippen molar-refractivity contribution in [3.63, 3.8) is 0 Å². The summed E-state index contributed by atoms with van der Waals surface area (Å²) in [7, 11) is 0. The van der Waals surface area contributed by atoms with Crippen molar-refractivity contribution in [1.29, 1.82) is 0 Å². The summed E-state index contributed by atoms with van der Waals surface area (Å²) in [5, 5.41) is 5.30. The van der Waals surface area contributed by atoms with Crippen LogP contribution in [0.15, 0.2) is 24.4 Å². The number of nitrogens with zero attached hydrogens (tertiary/aromatic N) is 2. The molecule has 1 aromatic heterocycles. The molecule has 1 atom stereocenters. The number of esters is 1. The van der Waals surface area contributed by atoms with E-state index in [-0.39, 0.29) is 12.0 Å². The second-order valence-corrected chi connectivity index (χ2v) is 6.16. The number of rotatable bonds is 3. The van der Waals surface area contributed by atoms with Gasteiger partial charge in [0, 0.05) is 17.5 Å². The van der Waals surface area contributed by atoms with Crippen LogP contribution in [-0.4, -0.2) is 21.8 Å². The number of nitrogens with two attached hydrogens (primary N) is 1. The minimum absolute atomic E-state index is 0.0129. The van der Waals surface area contributed by atoms with Crippen LogP contribution in [0.2, 0.25) is 0 Å². The molecule has 0 aliphatic heterocycles. The molecule has 20 heavy (non-hydrogen) atoms. The van der Waals surface area contributed by atoms with Gasteiger partial charge in [-0.05, 0) is 39.8 Å².